The molecule has 1 atom stereocenters. The zero-order valence-corrected chi connectivity index (χ0v) is 15.8. The van der Waals surface area contributed by atoms with Crippen LogP contribution in [0.1, 0.15) is 46.4 Å². The first kappa shape index (κ1) is 19.0. The highest BCUT2D eigenvalue weighted by molar-refractivity contribution is 7.92. The lowest BCUT2D eigenvalue weighted by Gasteiger charge is -2.19. The second-order valence-corrected chi connectivity index (χ2v) is 7.98. The largest absolute Gasteiger partial charge is 0.345 e. The van der Waals surface area contributed by atoms with Crippen LogP contribution in [-0.4, -0.2) is 20.6 Å². The molecule has 0 aliphatic rings. The summed E-state index contributed by atoms with van der Waals surface area (Å²) in [6.07, 6.45) is 1.84. The number of aryl methyl sites for hydroxylation is 2. The molecule has 25 heavy (non-hydrogen) atoms. The smallest absolute Gasteiger partial charge is 0.251 e. The molecular weight excluding hydrogens is 336 g/mol. The summed E-state index contributed by atoms with van der Waals surface area (Å²) >= 11 is 0. The Hall–Kier alpha value is -2.34. The van der Waals surface area contributed by atoms with Crippen molar-refractivity contribution >= 4 is 21.6 Å². The predicted molar refractivity (Wildman–Crippen MR) is 101 cm³/mol. The molecule has 6 heteroatoms. The third kappa shape index (κ3) is 5.32. The maximum absolute atomic E-state index is 12.6. The standard InChI is InChI=1S/C19H24N2O3S/c1-5-18(15-10-9-13(2)14(3)11-15)20-19(22)16-7-6-8-17(12-16)21-25(4,23)24/h6-12,18,21H,5H2,1-4H3,(H,20,22)/t18-/m1/s1. The number of benzene rings is 2. The van der Waals surface area contributed by atoms with Crippen LogP contribution in [0, 0.1) is 13.8 Å². The maximum Gasteiger partial charge on any atom is 0.251 e. The van der Waals surface area contributed by atoms with Gasteiger partial charge in [0.1, 0.15) is 0 Å². The molecule has 0 saturated carbocycles. The van der Waals surface area contributed by atoms with E-state index >= 15 is 0 Å². The van der Waals surface area contributed by atoms with E-state index in [9.17, 15) is 13.2 Å². The molecule has 2 aromatic carbocycles. The number of hydrogen-bond acceptors (Lipinski definition) is 3. The van der Waals surface area contributed by atoms with E-state index in [-0.39, 0.29) is 11.9 Å². The third-order valence-electron chi connectivity index (χ3n) is 4.07. The molecule has 0 fully saturated rings. The second-order valence-electron chi connectivity index (χ2n) is 6.23. The van der Waals surface area contributed by atoms with E-state index in [1.54, 1.807) is 18.2 Å². The fraction of sp³-hybridized carbons (Fsp3) is 0.316. The Bertz CT molecular complexity index is 876. The maximum atomic E-state index is 12.6. The quantitative estimate of drug-likeness (QED) is 0.827. The fourth-order valence-electron chi connectivity index (χ4n) is 2.58. The average molecular weight is 360 g/mol. The van der Waals surface area contributed by atoms with Gasteiger partial charge in [-0.2, -0.15) is 0 Å². The number of nitrogens with one attached hydrogen (secondary N) is 2. The summed E-state index contributed by atoms with van der Waals surface area (Å²) in [6, 6.07) is 12.5. The van der Waals surface area contributed by atoms with E-state index in [1.807, 2.05) is 19.9 Å². The van der Waals surface area contributed by atoms with Gasteiger partial charge in [0.15, 0.2) is 0 Å². The zero-order valence-electron chi connectivity index (χ0n) is 15.0. The molecule has 0 saturated heterocycles. The summed E-state index contributed by atoms with van der Waals surface area (Å²) in [4.78, 5) is 12.6. The Balaban J connectivity index is 2.19. The highest BCUT2D eigenvalue weighted by atomic mass is 32.2. The van der Waals surface area contributed by atoms with Crippen molar-refractivity contribution in [2.75, 3.05) is 11.0 Å². The predicted octanol–water partition coefficient (Wildman–Crippen LogP) is 3.56. The lowest BCUT2D eigenvalue weighted by molar-refractivity contribution is 0.0935. The molecule has 2 N–H and O–H groups in total. The summed E-state index contributed by atoms with van der Waals surface area (Å²) in [6.45, 7) is 6.12. The van der Waals surface area contributed by atoms with Crippen LogP contribution in [0.5, 0.6) is 0 Å². The van der Waals surface area contributed by atoms with E-state index < -0.39 is 10.0 Å². The first-order valence-corrected chi connectivity index (χ1v) is 10.0. The summed E-state index contributed by atoms with van der Waals surface area (Å²) in [7, 11) is -3.38. The van der Waals surface area contributed by atoms with Gasteiger partial charge in [-0.15, -0.1) is 0 Å². The van der Waals surface area contributed by atoms with Crippen molar-refractivity contribution in [1.29, 1.82) is 0 Å². The minimum absolute atomic E-state index is 0.0988. The van der Waals surface area contributed by atoms with Crippen LogP contribution in [0.4, 0.5) is 5.69 Å². The number of carbonyl (C=O) groups is 1. The number of rotatable bonds is 6. The van der Waals surface area contributed by atoms with Crippen LogP contribution in [0.15, 0.2) is 42.5 Å². The van der Waals surface area contributed by atoms with Gasteiger partial charge in [0, 0.05) is 11.3 Å². The van der Waals surface area contributed by atoms with Gasteiger partial charge in [0.05, 0.1) is 12.3 Å². The minimum Gasteiger partial charge on any atom is -0.345 e. The highest BCUT2D eigenvalue weighted by Crippen LogP contribution is 2.21. The van der Waals surface area contributed by atoms with Crippen molar-refractivity contribution in [1.82, 2.24) is 5.32 Å². The Kier molecular flexibility index (Phi) is 5.85. The van der Waals surface area contributed by atoms with Crippen molar-refractivity contribution in [2.24, 2.45) is 0 Å². The molecule has 0 unspecified atom stereocenters. The normalized spacial score (nSPS) is 12.5. The first-order chi connectivity index (χ1) is 11.7. The van der Waals surface area contributed by atoms with Gasteiger partial charge < -0.3 is 5.32 Å². The van der Waals surface area contributed by atoms with Crippen molar-refractivity contribution in [2.45, 2.75) is 33.2 Å². The van der Waals surface area contributed by atoms with E-state index in [0.717, 1.165) is 18.2 Å². The molecule has 0 aromatic heterocycles. The Labute approximate surface area is 149 Å². The lowest BCUT2D eigenvalue weighted by atomic mass is 9.99. The summed E-state index contributed by atoms with van der Waals surface area (Å²) in [5.74, 6) is -0.234. The molecule has 2 rings (SSSR count). The van der Waals surface area contributed by atoms with E-state index in [4.69, 9.17) is 0 Å². The molecule has 0 bridgehead atoms. The SMILES string of the molecule is CC[C@@H](NC(=O)c1cccc(NS(C)(=O)=O)c1)c1ccc(C)c(C)c1. The molecule has 0 spiro atoms. The van der Waals surface area contributed by atoms with E-state index in [0.29, 0.717) is 11.3 Å². The molecular formula is C19H24N2O3S. The molecule has 1 amide bonds. The van der Waals surface area contributed by atoms with E-state index in [2.05, 4.69) is 29.1 Å². The summed E-state index contributed by atoms with van der Waals surface area (Å²) < 4.78 is 25.1. The molecule has 134 valence electrons. The highest BCUT2D eigenvalue weighted by Gasteiger charge is 2.15. The van der Waals surface area contributed by atoms with Crippen LogP contribution in [0.25, 0.3) is 0 Å². The Morgan fingerprint density at radius 2 is 1.80 bits per heavy atom. The average Bonchev–Trinajstić information content (AvgIpc) is 2.53. The van der Waals surface area contributed by atoms with Gasteiger partial charge in [-0.1, -0.05) is 31.2 Å². The molecule has 0 heterocycles. The first-order valence-electron chi connectivity index (χ1n) is 8.15. The van der Waals surface area contributed by atoms with Crippen molar-refractivity contribution in [3.63, 3.8) is 0 Å². The van der Waals surface area contributed by atoms with Crippen LogP contribution >= 0.6 is 0 Å². The number of anilines is 1. The van der Waals surface area contributed by atoms with Gasteiger partial charge >= 0.3 is 0 Å². The van der Waals surface area contributed by atoms with Gasteiger partial charge in [0.25, 0.3) is 5.91 Å². The summed E-state index contributed by atoms with van der Waals surface area (Å²) in [5, 5.41) is 3.02. The molecule has 5 nitrogen and oxygen atoms in total. The van der Waals surface area contributed by atoms with E-state index in [1.165, 1.54) is 17.2 Å². The number of sulfonamides is 1. The zero-order chi connectivity index (χ0) is 18.6. The van der Waals surface area contributed by atoms with Gasteiger partial charge in [-0.05, 0) is 55.2 Å². The fourth-order valence-corrected chi connectivity index (χ4v) is 3.14. The molecule has 0 aliphatic carbocycles. The minimum atomic E-state index is -3.38. The van der Waals surface area contributed by atoms with Crippen LogP contribution < -0.4 is 10.0 Å². The second kappa shape index (κ2) is 7.70. The van der Waals surface area contributed by atoms with Crippen molar-refractivity contribution < 1.29 is 13.2 Å². The Morgan fingerprint density at radius 1 is 1.08 bits per heavy atom. The topological polar surface area (TPSA) is 75.3 Å². The molecule has 2 aromatic rings. The van der Waals surface area contributed by atoms with Gasteiger partial charge in [-0.25, -0.2) is 8.42 Å². The third-order valence-corrected chi connectivity index (χ3v) is 4.68. The Morgan fingerprint density at radius 3 is 2.40 bits per heavy atom. The number of carbonyl (C=O) groups excluding carboxylic acids is 1. The van der Waals surface area contributed by atoms with Crippen LogP contribution in [0.3, 0.4) is 0 Å². The van der Waals surface area contributed by atoms with Gasteiger partial charge in [0.2, 0.25) is 10.0 Å². The van der Waals surface area contributed by atoms with Crippen LogP contribution in [-0.2, 0) is 10.0 Å². The van der Waals surface area contributed by atoms with Crippen LogP contribution in [0.2, 0.25) is 0 Å². The summed E-state index contributed by atoms with van der Waals surface area (Å²) in [5.41, 5.74) is 4.24. The molecule has 0 radical (unpaired) electrons. The van der Waals surface area contributed by atoms with Crippen molar-refractivity contribution in [3.05, 3.63) is 64.7 Å². The molecule has 0 aliphatic heterocycles. The number of amides is 1. The monoisotopic (exact) mass is 360 g/mol. The number of hydrogen-bond donors (Lipinski definition) is 2. The van der Waals surface area contributed by atoms with Crippen molar-refractivity contribution in [3.8, 4) is 0 Å². The van der Waals surface area contributed by atoms with Gasteiger partial charge in [-0.3, -0.25) is 9.52 Å². The lowest BCUT2D eigenvalue weighted by Crippen LogP contribution is -2.28.